The number of phenols is 1. The standard InChI is InChI=1S/C24H18N2O5/c1-30-19-11-5-9-17(23(19)28)24(29)31-13-12-26-18-10-4-8-16-20(18)21(25-26)14-6-2-3-7-15(14)22(16)27/h2-11,28H,12-13H2,1H3. The molecule has 0 saturated heterocycles. The van der Waals surface area contributed by atoms with E-state index < -0.39 is 5.97 Å². The van der Waals surface area contributed by atoms with Gasteiger partial charge in [-0.15, -0.1) is 0 Å². The number of carbonyl (C=O) groups is 2. The highest BCUT2D eigenvalue weighted by Gasteiger charge is 2.28. The van der Waals surface area contributed by atoms with Crippen LogP contribution in [0.4, 0.5) is 0 Å². The molecule has 154 valence electrons. The third-order valence-electron chi connectivity index (χ3n) is 5.42. The van der Waals surface area contributed by atoms with E-state index in [9.17, 15) is 14.7 Å². The second-order valence-corrected chi connectivity index (χ2v) is 7.14. The number of hydrogen-bond acceptors (Lipinski definition) is 6. The summed E-state index contributed by atoms with van der Waals surface area (Å²) in [6.45, 7) is 0.346. The molecule has 7 nitrogen and oxygen atoms in total. The van der Waals surface area contributed by atoms with Gasteiger partial charge in [0.05, 0.1) is 19.2 Å². The van der Waals surface area contributed by atoms with Gasteiger partial charge in [0.25, 0.3) is 0 Å². The van der Waals surface area contributed by atoms with Crippen LogP contribution < -0.4 is 4.74 Å². The Kier molecular flexibility index (Phi) is 4.43. The highest BCUT2D eigenvalue weighted by atomic mass is 16.5. The summed E-state index contributed by atoms with van der Waals surface area (Å²) in [5.41, 5.74) is 3.63. The number of aromatic hydroxyl groups is 1. The van der Waals surface area contributed by atoms with Crippen LogP contribution in [0, 0.1) is 0 Å². The molecule has 5 rings (SSSR count). The summed E-state index contributed by atoms with van der Waals surface area (Å²) in [7, 11) is 1.41. The maximum atomic E-state index is 12.9. The Balaban J connectivity index is 1.43. The van der Waals surface area contributed by atoms with Gasteiger partial charge in [0.1, 0.15) is 17.9 Å². The number of phenolic OH excluding ortho intramolecular Hbond substituents is 1. The van der Waals surface area contributed by atoms with Gasteiger partial charge in [0.2, 0.25) is 0 Å². The third kappa shape index (κ3) is 2.93. The molecule has 31 heavy (non-hydrogen) atoms. The van der Waals surface area contributed by atoms with Crippen LogP contribution in [0.5, 0.6) is 11.5 Å². The predicted molar refractivity (Wildman–Crippen MR) is 114 cm³/mol. The number of hydrogen-bond donors (Lipinski definition) is 1. The SMILES string of the molecule is COc1cccc(C(=O)OCCn2nc3c4c(cccc42)C(=O)c2ccccc2-3)c1O. The number of para-hydroxylation sites is 1. The van der Waals surface area contributed by atoms with Crippen molar-refractivity contribution in [3.05, 3.63) is 77.4 Å². The first kappa shape index (κ1) is 18.9. The number of carbonyl (C=O) groups excluding carboxylic acids is 2. The van der Waals surface area contributed by atoms with Gasteiger partial charge in [-0.2, -0.15) is 5.10 Å². The molecule has 7 heteroatoms. The largest absolute Gasteiger partial charge is 0.504 e. The molecule has 4 aromatic rings. The number of nitrogens with zero attached hydrogens (tertiary/aromatic N) is 2. The van der Waals surface area contributed by atoms with Crippen LogP contribution in [0.1, 0.15) is 26.3 Å². The number of fused-ring (bicyclic) bond motifs is 2. The molecular formula is C24H18N2O5. The zero-order valence-corrected chi connectivity index (χ0v) is 16.7. The molecular weight excluding hydrogens is 396 g/mol. The highest BCUT2D eigenvalue weighted by Crippen LogP contribution is 2.38. The van der Waals surface area contributed by atoms with Crippen molar-refractivity contribution in [3.63, 3.8) is 0 Å². The van der Waals surface area contributed by atoms with Crippen molar-refractivity contribution in [2.45, 2.75) is 6.54 Å². The van der Waals surface area contributed by atoms with Crippen molar-refractivity contribution in [1.82, 2.24) is 9.78 Å². The second-order valence-electron chi connectivity index (χ2n) is 7.14. The van der Waals surface area contributed by atoms with Crippen molar-refractivity contribution in [2.75, 3.05) is 13.7 Å². The van der Waals surface area contributed by atoms with Gasteiger partial charge >= 0.3 is 5.97 Å². The van der Waals surface area contributed by atoms with E-state index in [0.29, 0.717) is 17.7 Å². The second kappa shape index (κ2) is 7.28. The molecule has 0 bridgehead atoms. The molecule has 0 unspecified atom stereocenters. The van der Waals surface area contributed by atoms with Gasteiger partial charge < -0.3 is 14.6 Å². The Morgan fingerprint density at radius 3 is 2.55 bits per heavy atom. The van der Waals surface area contributed by atoms with Crippen molar-refractivity contribution in [2.24, 2.45) is 0 Å². The molecule has 0 radical (unpaired) electrons. The maximum Gasteiger partial charge on any atom is 0.342 e. The minimum atomic E-state index is -0.654. The first-order valence-electron chi connectivity index (χ1n) is 9.77. The van der Waals surface area contributed by atoms with E-state index in [0.717, 1.165) is 22.2 Å². The number of esters is 1. The summed E-state index contributed by atoms with van der Waals surface area (Å²) in [5.74, 6) is -0.731. The summed E-state index contributed by atoms with van der Waals surface area (Å²) in [5, 5.41) is 15.7. The fourth-order valence-corrected chi connectivity index (χ4v) is 3.96. The van der Waals surface area contributed by atoms with E-state index in [1.54, 1.807) is 22.9 Å². The van der Waals surface area contributed by atoms with Crippen LogP contribution in [-0.2, 0) is 11.3 Å². The number of rotatable bonds is 5. The zero-order chi connectivity index (χ0) is 21.5. The van der Waals surface area contributed by atoms with Gasteiger partial charge in [-0.1, -0.05) is 42.5 Å². The molecule has 0 aliphatic heterocycles. The summed E-state index contributed by atoms with van der Waals surface area (Å²) >= 11 is 0. The van der Waals surface area contributed by atoms with Crippen molar-refractivity contribution < 1.29 is 24.2 Å². The molecule has 1 aliphatic carbocycles. The van der Waals surface area contributed by atoms with E-state index in [2.05, 4.69) is 0 Å². The van der Waals surface area contributed by atoms with Crippen molar-refractivity contribution in [1.29, 1.82) is 0 Å². The van der Waals surface area contributed by atoms with E-state index in [1.807, 2.05) is 36.4 Å². The predicted octanol–water partition coefficient (Wildman–Crippen LogP) is 3.82. The van der Waals surface area contributed by atoms with Gasteiger partial charge in [-0.3, -0.25) is 9.48 Å². The van der Waals surface area contributed by atoms with Crippen LogP contribution in [0.25, 0.3) is 22.2 Å². The molecule has 0 fully saturated rings. The van der Waals surface area contributed by atoms with E-state index in [-0.39, 0.29) is 29.5 Å². The monoisotopic (exact) mass is 414 g/mol. The smallest absolute Gasteiger partial charge is 0.342 e. The van der Waals surface area contributed by atoms with Crippen molar-refractivity contribution in [3.8, 4) is 22.8 Å². The Hall–Kier alpha value is -4.13. The van der Waals surface area contributed by atoms with Crippen LogP contribution in [-0.4, -0.2) is 40.4 Å². The number of aromatic nitrogens is 2. The lowest BCUT2D eigenvalue weighted by atomic mass is 9.87. The van der Waals surface area contributed by atoms with Crippen LogP contribution in [0.15, 0.2) is 60.7 Å². The minimum absolute atomic E-state index is 0.0202. The lowest BCUT2D eigenvalue weighted by Gasteiger charge is -2.13. The number of ketones is 1. The molecule has 1 N–H and O–H groups in total. The number of benzene rings is 3. The van der Waals surface area contributed by atoms with E-state index in [4.69, 9.17) is 14.6 Å². The molecule has 0 spiro atoms. The van der Waals surface area contributed by atoms with Gasteiger partial charge in [-0.25, -0.2) is 4.79 Å². The van der Waals surface area contributed by atoms with Crippen molar-refractivity contribution >= 4 is 22.7 Å². The average Bonchev–Trinajstić information content (AvgIpc) is 3.17. The van der Waals surface area contributed by atoms with Gasteiger partial charge in [0.15, 0.2) is 17.3 Å². The van der Waals surface area contributed by atoms with Crippen LogP contribution in [0.3, 0.4) is 0 Å². The zero-order valence-electron chi connectivity index (χ0n) is 16.7. The molecule has 0 saturated carbocycles. The first-order valence-corrected chi connectivity index (χ1v) is 9.77. The minimum Gasteiger partial charge on any atom is -0.504 e. The average molecular weight is 414 g/mol. The summed E-state index contributed by atoms with van der Waals surface area (Å²) in [6, 6.07) is 17.6. The molecule has 1 aromatic heterocycles. The quantitative estimate of drug-likeness (QED) is 0.440. The summed E-state index contributed by atoms with van der Waals surface area (Å²) in [4.78, 5) is 25.3. The Bertz CT molecular complexity index is 1360. The highest BCUT2D eigenvalue weighted by molar-refractivity contribution is 6.25. The Morgan fingerprint density at radius 2 is 1.74 bits per heavy atom. The molecule has 0 amide bonds. The molecule has 1 aliphatic rings. The normalized spacial score (nSPS) is 12.0. The lowest BCUT2D eigenvalue weighted by Crippen LogP contribution is -2.12. The lowest BCUT2D eigenvalue weighted by molar-refractivity contribution is 0.0485. The molecule has 3 aromatic carbocycles. The summed E-state index contributed by atoms with van der Waals surface area (Å²) < 4.78 is 12.1. The Morgan fingerprint density at radius 1 is 1.00 bits per heavy atom. The van der Waals surface area contributed by atoms with Crippen LogP contribution >= 0.6 is 0 Å². The fourth-order valence-electron chi connectivity index (χ4n) is 3.96. The number of methoxy groups -OCH3 is 1. The van der Waals surface area contributed by atoms with Crippen LogP contribution in [0.2, 0.25) is 0 Å². The maximum absolute atomic E-state index is 12.9. The third-order valence-corrected chi connectivity index (χ3v) is 5.42. The molecule has 1 heterocycles. The fraction of sp³-hybridized carbons (Fsp3) is 0.125. The van der Waals surface area contributed by atoms with Gasteiger partial charge in [-0.05, 0) is 18.2 Å². The molecule has 0 atom stereocenters. The van der Waals surface area contributed by atoms with E-state index >= 15 is 0 Å². The topological polar surface area (TPSA) is 90.7 Å². The first-order chi connectivity index (χ1) is 15.1. The summed E-state index contributed by atoms with van der Waals surface area (Å²) in [6.07, 6.45) is 0. The number of ether oxygens (including phenoxy) is 2. The van der Waals surface area contributed by atoms with Gasteiger partial charge in [0, 0.05) is 22.1 Å². The van der Waals surface area contributed by atoms with E-state index in [1.165, 1.54) is 13.2 Å². The Labute approximate surface area is 177 Å².